The summed E-state index contributed by atoms with van der Waals surface area (Å²) in [5.74, 6) is 1.49. The van der Waals surface area contributed by atoms with Gasteiger partial charge in [-0.2, -0.15) is 5.10 Å². The molecule has 0 amide bonds. The van der Waals surface area contributed by atoms with E-state index in [0.717, 1.165) is 28.1 Å². The maximum absolute atomic E-state index is 6.16. The van der Waals surface area contributed by atoms with Crippen molar-refractivity contribution in [1.82, 2.24) is 0 Å². The van der Waals surface area contributed by atoms with Crippen LogP contribution in [0.15, 0.2) is 46.6 Å². The molecule has 0 spiro atoms. The topological polar surface area (TPSA) is 43.2 Å². The summed E-state index contributed by atoms with van der Waals surface area (Å²) in [5.41, 5.74) is 4.72. The van der Waals surface area contributed by atoms with Gasteiger partial charge in [-0.1, -0.05) is 30.7 Å². The van der Waals surface area contributed by atoms with E-state index in [1.807, 2.05) is 43.3 Å². The highest BCUT2D eigenvalue weighted by molar-refractivity contribution is 6.31. The van der Waals surface area contributed by atoms with Gasteiger partial charge in [-0.25, -0.2) is 0 Å². The Morgan fingerprint density at radius 2 is 1.71 bits per heavy atom. The summed E-state index contributed by atoms with van der Waals surface area (Å²) < 4.78 is 10.9. The third-order valence-electron chi connectivity index (χ3n) is 4.31. The fraction of sp³-hybridized carbons (Fsp3) is 0.263. The molecule has 4 nitrogen and oxygen atoms in total. The highest BCUT2D eigenvalue weighted by atomic mass is 35.5. The fourth-order valence-corrected chi connectivity index (χ4v) is 2.99. The van der Waals surface area contributed by atoms with Gasteiger partial charge in [0.05, 0.1) is 14.2 Å². The number of nitrogens with zero attached hydrogens (tertiary/aromatic N) is 2. The third-order valence-corrected chi connectivity index (χ3v) is 4.54. The monoisotopic (exact) mass is 342 g/mol. The van der Waals surface area contributed by atoms with Gasteiger partial charge in [0.25, 0.3) is 0 Å². The first kappa shape index (κ1) is 16.5. The Hall–Kier alpha value is -2.33. The van der Waals surface area contributed by atoms with Crippen molar-refractivity contribution in [2.24, 2.45) is 10.2 Å². The van der Waals surface area contributed by atoms with Crippen LogP contribution in [-0.2, 0) is 0 Å². The van der Waals surface area contributed by atoms with Crippen molar-refractivity contribution >= 4 is 23.0 Å². The van der Waals surface area contributed by atoms with Crippen LogP contribution in [0.4, 0.5) is 0 Å². The second-order valence-corrected chi connectivity index (χ2v) is 6.15. The van der Waals surface area contributed by atoms with Crippen LogP contribution in [0.2, 0.25) is 5.02 Å². The van der Waals surface area contributed by atoms with E-state index in [4.69, 9.17) is 21.1 Å². The molecule has 1 atom stereocenters. The lowest BCUT2D eigenvalue weighted by molar-refractivity contribution is 0.354. The molecule has 1 aliphatic heterocycles. The van der Waals surface area contributed by atoms with Crippen molar-refractivity contribution in [3.8, 4) is 11.5 Å². The van der Waals surface area contributed by atoms with E-state index >= 15 is 0 Å². The van der Waals surface area contributed by atoms with Gasteiger partial charge in [0.15, 0.2) is 11.5 Å². The molecule has 3 rings (SSSR count). The van der Waals surface area contributed by atoms with Gasteiger partial charge < -0.3 is 9.47 Å². The average molecular weight is 343 g/mol. The maximum atomic E-state index is 6.16. The molecule has 124 valence electrons. The van der Waals surface area contributed by atoms with Crippen molar-refractivity contribution in [3.63, 3.8) is 0 Å². The summed E-state index contributed by atoms with van der Waals surface area (Å²) in [7, 11) is 3.26. The molecular formula is C19H19ClN2O2. The third kappa shape index (κ3) is 2.89. The molecule has 0 aliphatic carbocycles. The zero-order valence-corrected chi connectivity index (χ0v) is 14.9. The normalized spacial score (nSPS) is 16.6. The molecule has 1 aliphatic rings. The maximum Gasteiger partial charge on any atom is 0.161 e. The summed E-state index contributed by atoms with van der Waals surface area (Å²) in [5, 5.41) is 9.55. The second kappa shape index (κ2) is 6.65. The average Bonchev–Trinajstić information content (AvgIpc) is 2.71. The number of rotatable bonds is 3. The van der Waals surface area contributed by atoms with Crippen molar-refractivity contribution in [2.75, 3.05) is 14.2 Å². The Bertz CT molecular complexity index is 843. The minimum Gasteiger partial charge on any atom is -0.493 e. The van der Waals surface area contributed by atoms with Crippen molar-refractivity contribution in [3.05, 3.63) is 58.1 Å². The van der Waals surface area contributed by atoms with Gasteiger partial charge in [-0.3, -0.25) is 0 Å². The summed E-state index contributed by atoms with van der Waals surface area (Å²) in [6.45, 7) is 4.09. The zero-order valence-electron chi connectivity index (χ0n) is 14.1. The predicted molar refractivity (Wildman–Crippen MR) is 98.2 cm³/mol. The molecule has 0 saturated heterocycles. The molecule has 0 fully saturated rings. The number of methoxy groups -OCH3 is 2. The highest BCUT2D eigenvalue weighted by Crippen LogP contribution is 2.37. The molecule has 0 aromatic heterocycles. The molecule has 24 heavy (non-hydrogen) atoms. The van der Waals surface area contributed by atoms with Crippen LogP contribution >= 0.6 is 11.6 Å². The number of ether oxygens (including phenoxy) is 2. The smallest absolute Gasteiger partial charge is 0.161 e. The minimum atomic E-state index is 0.125. The van der Waals surface area contributed by atoms with E-state index in [-0.39, 0.29) is 5.92 Å². The van der Waals surface area contributed by atoms with Crippen LogP contribution in [0.5, 0.6) is 11.5 Å². The zero-order chi connectivity index (χ0) is 17.3. The first-order valence-corrected chi connectivity index (χ1v) is 8.07. The van der Waals surface area contributed by atoms with Gasteiger partial charge in [-0.05, 0) is 36.8 Å². The molecule has 0 radical (unpaired) electrons. The van der Waals surface area contributed by atoms with Crippen LogP contribution in [-0.4, -0.2) is 25.6 Å². The van der Waals surface area contributed by atoms with E-state index in [1.54, 1.807) is 14.2 Å². The van der Waals surface area contributed by atoms with E-state index in [1.165, 1.54) is 0 Å². The minimum absolute atomic E-state index is 0.125. The number of halogens is 1. The quantitative estimate of drug-likeness (QED) is 0.812. The standard InChI is InChI=1S/C19H19ClN2O2/c1-11-12(2)21-22-19(13-6-5-7-14(20)8-13)16-10-18(24-4)17(23-3)9-15(11)16/h5-11H,1-4H3. The van der Waals surface area contributed by atoms with Crippen LogP contribution < -0.4 is 9.47 Å². The Morgan fingerprint density at radius 1 is 1.00 bits per heavy atom. The first-order chi connectivity index (χ1) is 11.5. The molecule has 2 aromatic rings. The van der Waals surface area contributed by atoms with Gasteiger partial charge >= 0.3 is 0 Å². The molecule has 0 saturated carbocycles. The molecule has 0 N–H and O–H groups in total. The van der Waals surface area contributed by atoms with E-state index in [2.05, 4.69) is 17.1 Å². The molecule has 2 aromatic carbocycles. The summed E-state index contributed by atoms with van der Waals surface area (Å²) in [6, 6.07) is 11.6. The van der Waals surface area contributed by atoms with Crippen LogP contribution in [0.25, 0.3) is 0 Å². The highest BCUT2D eigenvalue weighted by Gasteiger charge is 2.24. The van der Waals surface area contributed by atoms with Gasteiger partial charge in [0, 0.05) is 27.8 Å². The van der Waals surface area contributed by atoms with Crippen LogP contribution in [0.3, 0.4) is 0 Å². The van der Waals surface area contributed by atoms with Crippen molar-refractivity contribution < 1.29 is 9.47 Å². The lowest BCUT2D eigenvalue weighted by Crippen LogP contribution is -2.11. The Labute approximate surface area is 146 Å². The van der Waals surface area contributed by atoms with Crippen molar-refractivity contribution in [2.45, 2.75) is 19.8 Å². The van der Waals surface area contributed by atoms with Crippen LogP contribution in [0.1, 0.15) is 36.5 Å². The van der Waals surface area contributed by atoms with Gasteiger partial charge in [0.1, 0.15) is 5.71 Å². The van der Waals surface area contributed by atoms with E-state index < -0.39 is 0 Å². The lowest BCUT2D eigenvalue weighted by atomic mass is 9.88. The van der Waals surface area contributed by atoms with E-state index in [0.29, 0.717) is 16.5 Å². The Balaban J connectivity index is 2.27. The molecule has 1 unspecified atom stereocenters. The summed E-state index contributed by atoms with van der Waals surface area (Å²) >= 11 is 6.16. The molecular weight excluding hydrogens is 324 g/mol. The van der Waals surface area contributed by atoms with Crippen molar-refractivity contribution in [1.29, 1.82) is 0 Å². The summed E-state index contributed by atoms with van der Waals surface area (Å²) in [4.78, 5) is 0. The fourth-order valence-electron chi connectivity index (χ4n) is 2.80. The lowest BCUT2D eigenvalue weighted by Gasteiger charge is -2.18. The van der Waals surface area contributed by atoms with Gasteiger partial charge in [0.2, 0.25) is 0 Å². The Morgan fingerprint density at radius 3 is 2.38 bits per heavy atom. The first-order valence-electron chi connectivity index (χ1n) is 7.69. The number of benzene rings is 2. The Kier molecular flexibility index (Phi) is 4.58. The summed E-state index contributed by atoms with van der Waals surface area (Å²) in [6.07, 6.45) is 0. The van der Waals surface area contributed by atoms with E-state index in [9.17, 15) is 0 Å². The van der Waals surface area contributed by atoms with Gasteiger partial charge in [-0.15, -0.1) is 5.10 Å². The SMILES string of the molecule is COc1cc2c(cc1OC)C(C)C(C)=NN=C2c1cccc(Cl)c1. The molecule has 5 heteroatoms. The number of hydrogen-bond acceptors (Lipinski definition) is 4. The molecule has 0 bridgehead atoms. The molecule has 1 heterocycles. The number of hydrogen-bond donors (Lipinski definition) is 0. The second-order valence-electron chi connectivity index (χ2n) is 5.72. The predicted octanol–water partition coefficient (Wildman–Crippen LogP) is 4.69. The largest absolute Gasteiger partial charge is 0.493 e. The number of fused-ring (bicyclic) bond motifs is 1. The van der Waals surface area contributed by atoms with Crippen LogP contribution in [0, 0.1) is 0 Å².